The van der Waals surface area contributed by atoms with Crippen molar-refractivity contribution < 1.29 is 4.79 Å². The minimum Gasteiger partial charge on any atom is -0.312 e. The molecule has 4 rings (SSSR count). The Morgan fingerprint density at radius 1 is 0.792 bits per heavy atom. The molecule has 0 unspecified atom stereocenters. The minimum absolute atomic E-state index is 0.212. The van der Waals surface area contributed by atoms with Crippen molar-refractivity contribution >= 4 is 11.6 Å². The summed E-state index contributed by atoms with van der Waals surface area (Å²) in [5, 5.41) is 0. The first-order chi connectivity index (χ1) is 11.8. The lowest BCUT2D eigenvalue weighted by molar-refractivity contribution is -0.117. The molecule has 4 heteroatoms. The van der Waals surface area contributed by atoms with Gasteiger partial charge in [0.05, 0.1) is 0 Å². The summed E-state index contributed by atoms with van der Waals surface area (Å²) in [4.78, 5) is 22.1. The van der Waals surface area contributed by atoms with Crippen LogP contribution in [-0.2, 0) is 4.79 Å². The fourth-order valence-corrected chi connectivity index (χ4v) is 3.06. The van der Waals surface area contributed by atoms with E-state index in [9.17, 15) is 4.79 Å². The number of rotatable bonds is 3. The first-order valence-corrected chi connectivity index (χ1v) is 8.07. The van der Waals surface area contributed by atoms with E-state index < -0.39 is 0 Å². The summed E-state index contributed by atoms with van der Waals surface area (Å²) in [6.07, 6.45) is 8.88. The Morgan fingerprint density at radius 3 is 2.08 bits per heavy atom. The molecule has 1 aliphatic heterocycles. The van der Waals surface area contributed by atoms with Crippen LogP contribution in [0.3, 0.4) is 0 Å². The van der Waals surface area contributed by atoms with Crippen LogP contribution < -0.4 is 4.90 Å². The minimum atomic E-state index is 0.212. The summed E-state index contributed by atoms with van der Waals surface area (Å²) in [6, 6.07) is 14.2. The molecule has 1 saturated heterocycles. The average Bonchev–Trinajstić information content (AvgIpc) is 3.09. The zero-order chi connectivity index (χ0) is 16.4. The molecule has 1 aromatic carbocycles. The molecule has 4 nitrogen and oxygen atoms in total. The molecule has 0 N–H and O–H groups in total. The van der Waals surface area contributed by atoms with Crippen LogP contribution in [0, 0.1) is 0 Å². The second kappa shape index (κ2) is 6.24. The monoisotopic (exact) mass is 315 g/mol. The van der Waals surface area contributed by atoms with Gasteiger partial charge in [-0.25, -0.2) is 0 Å². The molecule has 1 aliphatic rings. The van der Waals surface area contributed by atoms with Crippen LogP contribution in [-0.4, -0.2) is 22.4 Å². The van der Waals surface area contributed by atoms with Crippen molar-refractivity contribution in [1.29, 1.82) is 0 Å². The number of amides is 1. The molecule has 24 heavy (non-hydrogen) atoms. The molecule has 1 fully saturated rings. The quantitative estimate of drug-likeness (QED) is 0.735. The Balaban J connectivity index is 1.63. The van der Waals surface area contributed by atoms with Crippen molar-refractivity contribution in [2.45, 2.75) is 12.8 Å². The third-order valence-corrected chi connectivity index (χ3v) is 4.34. The van der Waals surface area contributed by atoms with Gasteiger partial charge in [0.2, 0.25) is 5.91 Å². The highest BCUT2D eigenvalue weighted by Crippen LogP contribution is 2.28. The van der Waals surface area contributed by atoms with Crippen LogP contribution >= 0.6 is 0 Å². The predicted octanol–water partition coefficient (Wildman–Crippen LogP) is 3.94. The molecular weight excluding hydrogens is 298 g/mol. The lowest BCUT2D eigenvalue weighted by Gasteiger charge is -2.16. The van der Waals surface area contributed by atoms with Crippen molar-refractivity contribution in [3.05, 3.63) is 67.3 Å². The third-order valence-electron chi connectivity index (χ3n) is 4.34. The second-order valence-electron chi connectivity index (χ2n) is 5.89. The molecule has 118 valence electrons. The highest BCUT2D eigenvalue weighted by atomic mass is 16.2. The van der Waals surface area contributed by atoms with E-state index in [2.05, 4.69) is 16.0 Å². The van der Waals surface area contributed by atoms with E-state index in [4.69, 9.17) is 0 Å². The van der Waals surface area contributed by atoms with Gasteiger partial charge in [0, 0.05) is 54.6 Å². The SMILES string of the molecule is O=C1CCCN1c1ccc(-c2cncc(-c3ccncc3)c2)cc1. The number of pyridine rings is 2. The lowest BCUT2D eigenvalue weighted by atomic mass is 10.0. The Morgan fingerprint density at radius 2 is 1.46 bits per heavy atom. The number of nitrogens with zero attached hydrogens (tertiary/aromatic N) is 3. The van der Waals surface area contributed by atoms with Gasteiger partial charge in [-0.05, 0) is 47.9 Å². The van der Waals surface area contributed by atoms with E-state index in [1.54, 1.807) is 12.4 Å². The van der Waals surface area contributed by atoms with Gasteiger partial charge in [0.15, 0.2) is 0 Å². The van der Waals surface area contributed by atoms with E-state index in [-0.39, 0.29) is 5.91 Å². The fraction of sp³-hybridized carbons (Fsp3) is 0.150. The number of carbonyl (C=O) groups is 1. The first-order valence-electron chi connectivity index (χ1n) is 8.07. The molecule has 1 amide bonds. The molecule has 0 saturated carbocycles. The first kappa shape index (κ1) is 14.6. The highest BCUT2D eigenvalue weighted by molar-refractivity contribution is 5.95. The number of hydrogen-bond donors (Lipinski definition) is 0. The van der Waals surface area contributed by atoms with Crippen LogP contribution in [0.25, 0.3) is 22.3 Å². The van der Waals surface area contributed by atoms with E-state index in [0.717, 1.165) is 40.9 Å². The van der Waals surface area contributed by atoms with Gasteiger partial charge in [-0.2, -0.15) is 0 Å². The van der Waals surface area contributed by atoms with E-state index in [0.29, 0.717) is 6.42 Å². The van der Waals surface area contributed by atoms with Gasteiger partial charge in [-0.3, -0.25) is 14.8 Å². The number of carbonyl (C=O) groups excluding carboxylic acids is 1. The number of benzene rings is 1. The van der Waals surface area contributed by atoms with Gasteiger partial charge in [-0.15, -0.1) is 0 Å². The largest absolute Gasteiger partial charge is 0.312 e. The Hall–Kier alpha value is -3.01. The van der Waals surface area contributed by atoms with Crippen molar-refractivity contribution in [2.75, 3.05) is 11.4 Å². The van der Waals surface area contributed by atoms with Gasteiger partial charge < -0.3 is 4.90 Å². The smallest absolute Gasteiger partial charge is 0.227 e. The van der Waals surface area contributed by atoms with Crippen molar-refractivity contribution in [2.24, 2.45) is 0 Å². The zero-order valence-electron chi connectivity index (χ0n) is 13.2. The van der Waals surface area contributed by atoms with Crippen LogP contribution in [0.5, 0.6) is 0 Å². The van der Waals surface area contributed by atoms with Gasteiger partial charge in [0.25, 0.3) is 0 Å². The van der Waals surface area contributed by atoms with Crippen molar-refractivity contribution in [3.8, 4) is 22.3 Å². The molecular formula is C20H17N3O. The standard InChI is InChI=1S/C20H17N3O/c24-20-2-1-11-23(20)19-5-3-15(4-6-19)17-12-18(14-22-13-17)16-7-9-21-10-8-16/h3-10,12-14H,1-2,11H2. The number of hydrogen-bond acceptors (Lipinski definition) is 3. The van der Waals surface area contributed by atoms with Crippen molar-refractivity contribution in [3.63, 3.8) is 0 Å². The summed E-state index contributed by atoms with van der Waals surface area (Å²) in [6.45, 7) is 0.817. The molecule has 0 bridgehead atoms. The topological polar surface area (TPSA) is 46.1 Å². The fourth-order valence-electron chi connectivity index (χ4n) is 3.06. The van der Waals surface area contributed by atoms with Gasteiger partial charge in [0.1, 0.15) is 0 Å². The molecule has 0 spiro atoms. The maximum absolute atomic E-state index is 11.8. The highest BCUT2D eigenvalue weighted by Gasteiger charge is 2.21. The summed E-state index contributed by atoms with van der Waals surface area (Å²) >= 11 is 0. The predicted molar refractivity (Wildman–Crippen MR) is 94.5 cm³/mol. The summed E-state index contributed by atoms with van der Waals surface area (Å²) in [5.41, 5.74) is 5.28. The van der Waals surface area contributed by atoms with Gasteiger partial charge in [-0.1, -0.05) is 12.1 Å². The Bertz CT molecular complexity index is 860. The van der Waals surface area contributed by atoms with Crippen LogP contribution in [0.1, 0.15) is 12.8 Å². The van der Waals surface area contributed by atoms with Crippen LogP contribution in [0.15, 0.2) is 67.3 Å². The molecule has 0 radical (unpaired) electrons. The van der Waals surface area contributed by atoms with E-state index in [1.807, 2.05) is 53.7 Å². The number of anilines is 1. The van der Waals surface area contributed by atoms with Crippen LogP contribution in [0.2, 0.25) is 0 Å². The van der Waals surface area contributed by atoms with Crippen LogP contribution in [0.4, 0.5) is 5.69 Å². The molecule has 0 aliphatic carbocycles. The zero-order valence-corrected chi connectivity index (χ0v) is 13.2. The van der Waals surface area contributed by atoms with E-state index >= 15 is 0 Å². The maximum Gasteiger partial charge on any atom is 0.227 e. The molecule has 0 atom stereocenters. The summed E-state index contributed by atoms with van der Waals surface area (Å²) in [5.74, 6) is 0.212. The summed E-state index contributed by atoms with van der Waals surface area (Å²) in [7, 11) is 0. The van der Waals surface area contributed by atoms with E-state index in [1.165, 1.54) is 0 Å². The average molecular weight is 315 g/mol. The van der Waals surface area contributed by atoms with Crippen molar-refractivity contribution in [1.82, 2.24) is 9.97 Å². The third kappa shape index (κ3) is 2.78. The molecule has 3 aromatic rings. The molecule has 2 aromatic heterocycles. The summed E-state index contributed by atoms with van der Waals surface area (Å²) < 4.78 is 0. The maximum atomic E-state index is 11.8. The Labute approximate surface area is 140 Å². The van der Waals surface area contributed by atoms with Gasteiger partial charge >= 0.3 is 0 Å². The second-order valence-corrected chi connectivity index (χ2v) is 5.89. The lowest BCUT2D eigenvalue weighted by Crippen LogP contribution is -2.23. The Kier molecular flexibility index (Phi) is 3.79. The number of aromatic nitrogens is 2. The molecule has 3 heterocycles. The normalized spacial score (nSPS) is 14.2.